The zero-order valence-corrected chi connectivity index (χ0v) is 9.56. The summed E-state index contributed by atoms with van der Waals surface area (Å²) in [6.45, 7) is 0. The molecule has 5 heteroatoms. The lowest BCUT2D eigenvalue weighted by Crippen LogP contribution is -1.93. The van der Waals surface area contributed by atoms with Crippen LogP contribution in [0.25, 0.3) is 11.3 Å². The van der Waals surface area contributed by atoms with E-state index >= 15 is 0 Å². The maximum atomic E-state index is 8.83. The lowest BCUT2D eigenvalue weighted by Gasteiger charge is -2.01. The van der Waals surface area contributed by atoms with Gasteiger partial charge >= 0.3 is 0 Å². The van der Waals surface area contributed by atoms with Crippen LogP contribution in [-0.4, -0.2) is 14.8 Å². The molecule has 2 rings (SSSR count). The lowest BCUT2D eigenvalue weighted by atomic mass is 10.2. The normalized spacial score (nSPS) is 9.93. The van der Waals surface area contributed by atoms with Gasteiger partial charge in [-0.2, -0.15) is 10.4 Å². The number of nitrogens with zero attached hydrogens (tertiary/aromatic N) is 4. The molecule has 0 aliphatic heterocycles. The van der Waals surface area contributed by atoms with E-state index in [0.717, 1.165) is 15.7 Å². The summed E-state index contributed by atoms with van der Waals surface area (Å²) in [7, 11) is 1.81. The molecule has 0 spiro atoms. The third-order valence-corrected chi connectivity index (χ3v) is 2.80. The van der Waals surface area contributed by atoms with Crippen molar-refractivity contribution >= 4 is 15.9 Å². The van der Waals surface area contributed by atoms with Gasteiger partial charge in [0.25, 0.3) is 0 Å². The van der Waals surface area contributed by atoms with E-state index in [2.05, 4.69) is 26.0 Å². The molecule has 0 N–H and O–H groups in total. The van der Waals surface area contributed by atoms with E-state index in [1.165, 1.54) is 0 Å². The first-order valence-electron chi connectivity index (χ1n) is 4.27. The molecule has 74 valence electrons. The molecule has 0 atom stereocenters. The highest BCUT2D eigenvalue weighted by atomic mass is 79.9. The Balaban J connectivity index is 2.65. The molecule has 0 unspecified atom stereocenters. The largest absolute Gasteiger partial charge is 0.265 e. The topological polar surface area (TPSA) is 54.5 Å². The van der Waals surface area contributed by atoms with Crippen LogP contribution >= 0.6 is 15.9 Å². The van der Waals surface area contributed by atoms with E-state index in [9.17, 15) is 0 Å². The number of pyridine rings is 1. The highest BCUT2D eigenvalue weighted by Gasteiger charge is 2.14. The van der Waals surface area contributed by atoms with Gasteiger partial charge < -0.3 is 0 Å². The van der Waals surface area contributed by atoms with Crippen LogP contribution in [0, 0.1) is 11.3 Å². The van der Waals surface area contributed by atoms with Gasteiger partial charge in [0.2, 0.25) is 0 Å². The van der Waals surface area contributed by atoms with Gasteiger partial charge in [-0.3, -0.25) is 9.67 Å². The third-order valence-electron chi connectivity index (χ3n) is 2.05. The fourth-order valence-corrected chi connectivity index (χ4v) is 2.05. The number of hydrogen-bond donors (Lipinski definition) is 0. The molecule has 2 aromatic rings. The molecule has 0 aliphatic carbocycles. The fraction of sp³-hybridized carbons (Fsp3) is 0.100. The number of rotatable bonds is 1. The van der Waals surface area contributed by atoms with Crippen molar-refractivity contribution in [2.75, 3.05) is 0 Å². The average Bonchev–Trinajstić information content (AvgIpc) is 2.55. The van der Waals surface area contributed by atoms with E-state index < -0.39 is 0 Å². The second kappa shape index (κ2) is 3.83. The van der Waals surface area contributed by atoms with Gasteiger partial charge in [0.05, 0.1) is 10.2 Å². The highest BCUT2D eigenvalue weighted by molar-refractivity contribution is 9.10. The molecule has 0 saturated carbocycles. The maximum absolute atomic E-state index is 8.83. The molecule has 0 bridgehead atoms. The lowest BCUT2D eigenvalue weighted by molar-refractivity contribution is 0.771. The van der Waals surface area contributed by atoms with Crippen molar-refractivity contribution in [3.8, 4) is 17.3 Å². The highest BCUT2D eigenvalue weighted by Crippen LogP contribution is 2.29. The van der Waals surface area contributed by atoms with Crippen LogP contribution < -0.4 is 0 Å². The van der Waals surface area contributed by atoms with Crippen LogP contribution in [0.3, 0.4) is 0 Å². The molecule has 15 heavy (non-hydrogen) atoms. The number of hydrogen-bond acceptors (Lipinski definition) is 3. The van der Waals surface area contributed by atoms with Crippen LogP contribution in [0.1, 0.15) is 5.69 Å². The van der Waals surface area contributed by atoms with Crippen molar-refractivity contribution in [2.45, 2.75) is 0 Å². The summed E-state index contributed by atoms with van der Waals surface area (Å²) in [4.78, 5) is 3.95. The van der Waals surface area contributed by atoms with Crippen molar-refractivity contribution < 1.29 is 0 Å². The number of nitriles is 1. The first-order chi connectivity index (χ1) is 7.24. The summed E-state index contributed by atoms with van der Waals surface area (Å²) in [6.07, 6.45) is 3.42. The number of aromatic nitrogens is 3. The summed E-state index contributed by atoms with van der Waals surface area (Å²) in [5.74, 6) is 0. The molecule has 0 fully saturated rings. The fourth-order valence-electron chi connectivity index (χ4n) is 1.39. The van der Waals surface area contributed by atoms with E-state index in [1.807, 2.05) is 18.2 Å². The van der Waals surface area contributed by atoms with Gasteiger partial charge in [-0.05, 0) is 28.1 Å². The van der Waals surface area contributed by atoms with Crippen LogP contribution in [-0.2, 0) is 7.05 Å². The van der Waals surface area contributed by atoms with Gasteiger partial charge in [0.15, 0.2) is 5.69 Å². The molecule has 0 radical (unpaired) electrons. The Bertz CT molecular complexity index is 524. The minimum atomic E-state index is 0.393. The van der Waals surface area contributed by atoms with Crippen molar-refractivity contribution in [2.24, 2.45) is 7.05 Å². The number of aryl methyl sites for hydroxylation is 1. The summed E-state index contributed by atoms with van der Waals surface area (Å²) in [6, 6.07) is 5.79. The molecule has 2 aromatic heterocycles. The Morgan fingerprint density at radius 3 is 2.60 bits per heavy atom. The van der Waals surface area contributed by atoms with Crippen LogP contribution in [0.2, 0.25) is 0 Å². The van der Waals surface area contributed by atoms with Crippen LogP contribution in [0.5, 0.6) is 0 Å². The van der Waals surface area contributed by atoms with E-state index in [-0.39, 0.29) is 0 Å². The standard InChI is InChI=1S/C10H7BrN4/c1-15-10(7-2-4-13-5-3-7)9(11)8(6-12)14-15/h2-5H,1H3. The van der Waals surface area contributed by atoms with Gasteiger partial charge in [0.1, 0.15) is 6.07 Å². The Hall–Kier alpha value is -1.67. The molecule has 2 heterocycles. The van der Waals surface area contributed by atoms with E-state index in [0.29, 0.717) is 5.69 Å². The SMILES string of the molecule is Cn1nc(C#N)c(Br)c1-c1ccncc1. The third kappa shape index (κ3) is 1.64. The molecule has 4 nitrogen and oxygen atoms in total. The predicted octanol–water partition coefficient (Wildman–Crippen LogP) is 2.12. The quantitative estimate of drug-likeness (QED) is 0.791. The molecular weight excluding hydrogens is 256 g/mol. The minimum absolute atomic E-state index is 0.393. The summed E-state index contributed by atoms with van der Waals surface area (Å²) in [5.41, 5.74) is 2.26. The van der Waals surface area contributed by atoms with E-state index in [1.54, 1.807) is 24.1 Å². The smallest absolute Gasteiger partial charge is 0.177 e. The summed E-state index contributed by atoms with van der Waals surface area (Å²) < 4.78 is 2.40. The van der Waals surface area contributed by atoms with E-state index in [4.69, 9.17) is 5.26 Å². The predicted molar refractivity (Wildman–Crippen MR) is 58.9 cm³/mol. The number of halogens is 1. The Labute approximate surface area is 95.3 Å². The zero-order valence-electron chi connectivity index (χ0n) is 7.98. The summed E-state index contributed by atoms with van der Waals surface area (Å²) >= 11 is 3.37. The van der Waals surface area contributed by atoms with Crippen molar-refractivity contribution in [3.05, 3.63) is 34.7 Å². The maximum Gasteiger partial charge on any atom is 0.177 e. The van der Waals surface area contributed by atoms with Crippen LogP contribution in [0.15, 0.2) is 29.0 Å². The zero-order chi connectivity index (χ0) is 10.8. The second-order valence-electron chi connectivity index (χ2n) is 2.98. The second-order valence-corrected chi connectivity index (χ2v) is 3.78. The molecule has 0 amide bonds. The average molecular weight is 263 g/mol. The first kappa shape index (κ1) is 9.87. The molecule has 0 aliphatic rings. The van der Waals surface area contributed by atoms with Gasteiger partial charge in [0, 0.05) is 25.0 Å². The molecule has 0 aromatic carbocycles. The molecule has 0 saturated heterocycles. The first-order valence-corrected chi connectivity index (χ1v) is 5.06. The van der Waals surface area contributed by atoms with Crippen LogP contribution in [0.4, 0.5) is 0 Å². The monoisotopic (exact) mass is 262 g/mol. The van der Waals surface area contributed by atoms with Gasteiger partial charge in [-0.25, -0.2) is 0 Å². The van der Waals surface area contributed by atoms with Gasteiger partial charge in [-0.15, -0.1) is 0 Å². The van der Waals surface area contributed by atoms with Crippen molar-refractivity contribution in [1.29, 1.82) is 5.26 Å². The van der Waals surface area contributed by atoms with Crippen molar-refractivity contribution in [1.82, 2.24) is 14.8 Å². The molecular formula is C10H7BrN4. The minimum Gasteiger partial charge on any atom is -0.265 e. The Morgan fingerprint density at radius 1 is 1.40 bits per heavy atom. The van der Waals surface area contributed by atoms with Crippen molar-refractivity contribution in [3.63, 3.8) is 0 Å². The Kier molecular flexibility index (Phi) is 2.52. The van der Waals surface area contributed by atoms with Gasteiger partial charge in [-0.1, -0.05) is 0 Å². The summed E-state index contributed by atoms with van der Waals surface area (Å²) in [5, 5.41) is 12.9. The Morgan fingerprint density at radius 2 is 2.07 bits per heavy atom.